The maximum atomic E-state index is 12.7. The number of rotatable bonds is 4. The largest absolute Gasteiger partial charge is 0.487 e. The average Bonchev–Trinajstić information content (AvgIpc) is 2.81. The minimum atomic E-state index is -4.50. The molecule has 3 aromatic rings. The van der Waals surface area contributed by atoms with E-state index in [0.717, 1.165) is 17.1 Å². The third-order valence-electron chi connectivity index (χ3n) is 5.13. The number of nitrogens with zero attached hydrogens (tertiary/aromatic N) is 6. The number of alkyl halides is 3. The monoisotopic (exact) mass is 510 g/mol. The highest BCUT2D eigenvalue weighted by Crippen LogP contribution is 2.29. The van der Waals surface area contributed by atoms with Crippen molar-refractivity contribution in [2.75, 3.05) is 18.0 Å². The fourth-order valence-electron chi connectivity index (χ4n) is 3.39. The van der Waals surface area contributed by atoms with Gasteiger partial charge in [-0.15, -0.1) is 5.10 Å². The van der Waals surface area contributed by atoms with Gasteiger partial charge in [0.25, 0.3) is 5.56 Å². The third kappa shape index (κ3) is 5.08. The zero-order valence-electron chi connectivity index (χ0n) is 17.3. The molecule has 0 N–H and O–H groups in total. The molecule has 0 amide bonds. The van der Waals surface area contributed by atoms with Crippen LogP contribution in [0.5, 0.6) is 5.75 Å². The highest BCUT2D eigenvalue weighted by atomic mass is 35.5. The van der Waals surface area contributed by atoms with Gasteiger partial charge in [0.2, 0.25) is 11.6 Å². The zero-order chi connectivity index (χ0) is 24.5. The van der Waals surface area contributed by atoms with E-state index in [-0.39, 0.29) is 28.5 Å². The van der Waals surface area contributed by atoms with Gasteiger partial charge in [-0.25, -0.2) is 9.97 Å². The fraction of sp³-hybridized carbons (Fsp3) is 0.286. The first kappa shape index (κ1) is 23.8. The van der Waals surface area contributed by atoms with Crippen LogP contribution in [0.4, 0.5) is 19.1 Å². The lowest BCUT2D eigenvalue weighted by atomic mass is 10.1. The standard InChI is InChI=1S/C21H15Cl2F3N6O2/c22-15-2-1-13(7-16(15)23)32-19(33)8-18(17(9-27)30-32)34-14-3-5-31(6-4-14)20-28-10-12(11-29-20)21(24,25)26/h1-2,7-8,10-11,14H,3-6H2. The molecule has 1 fully saturated rings. The first-order valence-corrected chi connectivity index (χ1v) is 10.7. The number of aromatic nitrogens is 4. The van der Waals surface area contributed by atoms with Gasteiger partial charge < -0.3 is 9.64 Å². The van der Waals surface area contributed by atoms with E-state index in [1.165, 1.54) is 18.2 Å². The number of benzene rings is 1. The predicted molar refractivity (Wildman–Crippen MR) is 117 cm³/mol. The van der Waals surface area contributed by atoms with E-state index in [4.69, 9.17) is 27.9 Å². The molecule has 1 aliphatic heterocycles. The predicted octanol–water partition coefficient (Wildman–Crippen LogP) is 4.27. The molecule has 1 aliphatic rings. The summed E-state index contributed by atoms with van der Waals surface area (Å²) in [7, 11) is 0. The summed E-state index contributed by atoms with van der Waals surface area (Å²) in [6.07, 6.45) is -2.38. The van der Waals surface area contributed by atoms with Crippen molar-refractivity contribution in [1.82, 2.24) is 19.7 Å². The van der Waals surface area contributed by atoms with Crippen LogP contribution in [0.3, 0.4) is 0 Å². The van der Waals surface area contributed by atoms with Crippen molar-refractivity contribution in [2.24, 2.45) is 0 Å². The van der Waals surface area contributed by atoms with Gasteiger partial charge in [0.1, 0.15) is 12.2 Å². The van der Waals surface area contributed by atoms with E-state index < -0.39 is 17.3 Å². The number of hydrogen-bond acceptors (Lipinski definition) is 7. The molecule has 0 atom stereocenters. The summed E-state index contributed by atoms with van der Waals surface area (Å²) in [5.41, 5.74) is -1.18. The molecular formula is C21H15Cl2F3N6O2. The van der Waals surface area contributed by atoms with Crippen molar-refractivity contribution in [3.05, 3.63) is 68.3 Å². The zero-order valence-corrected chi connectivity index (χ0v) is 18.8. The van der Waals surface area contributed by atoms with E-state index >= 15 is 0 Å². The number of anilines is 1. The topological polar surface area (TPSA) is 96.9 Å². The molecule has 0 aliphatic carbocycles. The molecule has 0 unspecified atom stereocenters. The lowest BCUT2D eigenvalue weighted by molar-refractivity contribution is -0.138. The van der Waals surface area contributed by atoms with Gasteiger partial charge in [-0.2, -0.15) is 23.1 Å². The molecule has 176 valence electrons. The second-order valence-corrected chi connectivity index (χ2v) is 8.21. The van der Waals surface area contributed by atoms with Crippen LogP contribution in [0.1, 0.15) is 24.1 Å². The molecular weight excluding hydrogens is 496 g/mol. The average molecular weight is 511 g/mol. The number of nitriles is 1. The van der Waals surface area contributed by atoms with E-state index in [1.807, 2.05) is 6.07 Å². The van der Waals surface area contributed by atoms with Crippen LogP contribution in [-0.4, -0.2) is 38.9 Å². The van der Waals surface area contributed by atoms with Gasteiger partial charge in [-0.3, -0.25) is 4.79 Å². The molecule has 8 nitrogen and oxygen atoms in total. The summed E-state index contributed by atoms with van der Waals surface area (Å²) in [6, 6.07) is 7.62. The Balaban J connectivity index is 1.45. The van der Waals surface area contributed by atoms with Crippen LogP contribution in [-0.2, 0) is 6.18 Å². The van der Waals surface area contributed by atoms with Crippen LogP contribution < -0.4 is 15.2 Å². The first-order chi connectivity index (χ1) is 16.2. The molecule has 3 heterocycles. The van der Waals surface area contributed by atoms with E-state index in [9.17, 15) is 23.2 Å². The summed E-state index contributed by atoms with van der Waals surface area (Å²) in [5.74, 6) is 0.239. The van der Waals surface area contributed by atoms with Crippen molar-refractivity contribution >= 4 is 29.2 Å². The number of halogens is 5. The molecule has 0 bridgehead atoms. The van der Waals surface area contributed by atoms with E-state index in [1.54, 1.807) is 11.0 Å². The molecule has 4 rings (SSSR count). The van der Waals surface area contributed by atoms with E-state index in [0.29, 0.717) is 36.6 Å². The number of hydrogen-bond donors (Lipinski definition) is 0. The molecule has 1 saturated heterocycles. The Kier molecular flexibility index (Phi) is 6.63. The summed E-state index contributed by atoms with van der Waals surface area (Å²) in [6.45, 7) is 0.845. The Bertz CT molecular complexity index is 1300. The lowest BCUT2D eigenvalue weighted by Gasteiger charge is -2.32. The number of ether oxygens (including phenoxy) is 1. The maximum absolute atomic E-state index is 12.7. The smallest absolute Gasteiger partial charge is 0.419 e. The Labute approximate surface area is 201 Å². The van der Waals surface area contributed by atoms with Crippen LogP contribution in [0.2, 0.25) is 10.0 Å². The number of piperidine rings is 1. The Hall–Kier alpha value is -3.36. The van der Waals surface area contributed by atoms with Gasteiger partial charge in [-0.05, 0) is 18.2 Å². The summed E-state index contributed by atoms with van der Waals surface area (Å²) in [4.78, 5) is 22.0. The van der Waals surface area contributed by atoms with Crippen molar-refractivity contribution in [2.45, 2.75) is 25.1 Å². The minimum absolute atomic E-state index is 0.0491. The van der Waals surface area contributed by atoms with Crippen molar-refractivity contribution in [3.63, 3.8) is 0 Å². The first-order valence-electron chi connectivity index (χ1n) is 9.96. The highest BCUT2D eigenvalue weighted by Gasteiger charge is 2.32. The van der Waals surface area contributed by atoms with E-state index in [2.05, 4.69) is 15.1 Å². The molecule has 1 aromatic carbocycles. The maximum Gasteiger partial charge on any atom is 0.419 e. The van der Waals surface area contributed by atoms with Crippen LogP contribution in [0, 0.1) is 11.3 Å². The molecule has 34 heavy (non-hydrogen) atoms. The molecule has 0 saturated carbocycles. The summed E-state index contributed by atoms with van der Waals surface area (Å²) in [5, 5.41) is 14.1. The Morgan fingerprint density at radius 3 is 2.35 bits per heavy atom. The fourth-order valence-corrected chi connectivity index (χ4v) is 3.69. The third-order valence-corrected chi connectivity index (χ3v) is 5.87. The summed E-state index contributed by atoms with van der Waals surface area (Å²) >= 11 is 11.9. The van der Waals surface area contributed by atoms with Gasteiger partial charge in [0.05, 0.1) is 27.4 Å². The van der Waals surface area contributed by atoms with Gasteiger partial charge >= 0.3 is 6.18 Å². The SMILES string of the molecule is N#Cc1nn(-c2ccc(Cl)c(Cl)c2)c(=O)cc1OC1CCN(c2ncc(C(F)(F)F)cn2)CC1. The normalized spacial score (nSPS) is 14.6. The molecule has 2 aromatic heterocycles. The van der Waals surface area contributed by atoms with Crippen molar-refractivity contribution < 1.29 is 17.9 Å². The lowest BCUT2D eigenvalue weighted by Crippen LogP contribution is -2.39. The second kappa shape index (κ2) is 9.48. The van der Waals surface area contributed by atoms with Crippen LogP contribution in [0.15, 0.2) is 41.5 Å². The van der Waals surface area contributed by atoms with Crippen molar-refractivity contribution in [1.29, 1.82) is 5.26 Å². The minimum Gasteiger partial charge on any atom is -0.487 e. The Morgan fingerprint density at radius 1 is 1.09 bits per heavy atom. The van der Waals surface area contributed by atoms with Gasteiger partial charge in [-0.1, -0.05) is 23.2 Å². The Morgan fingerprint density at radius 2 is 1.76 bits per heavy atom. The quantitative estimate of drug-likeness (QED) is 0.516. The molecule has 0 radical (unpaired) electrons. The molecule has 0 spiro atoms. The molecule has 13 heteroatoms. The van der Waals surface area contributed by atoms with Gasteiger partial charge in [0.15, 0.2) is 5.75 Å². The summed E-state index contributed by atoms with van der Waals surface area (Å²) < 4.78 is 45.0. The highest BCUT2D eigenvalue weighted by molar-refractivity contribution is 6.42. The van der Waals surface area contributed by atoms with Crippen LogP contribution >= 0.6 is 23.2 Å². The van der Waals surface area contributed by atoms with Gasteiger partial charge in [0, 0.05) is 38.3 Å². The van der Waals surface area contributed by atoms with Crippen LogP contribution in [0.25, 0.3) is 5.69 Å². The second-order valence-electron chi connectivity index (χ2n) is 7.39. The van der Waals surface area contributed by atoms with Crippen molar-refractivity contribution in [3.8, 4) is 17.5 Å².